The summed E-state index contributed by atoms with van der Waals surface area (Å²) >= 11 is 6.34. The first kappa shape index (κ1) is 14.8. The van der Waals surface area contributed by atoms with Gasteiger partial charge in [0.25, 0.3) is 0 Å². The number of nitrogens with two attached hydrogens (primary N) is 1. The summed E-state index contributed by atoms with van der Waals surface area (Å²) < 4.78 is 5.72. The van der Waals surface area contributed by atoms with E-state index in [-0.39, 0.29) is 0 Å². The molecule has 0 spiro atoms. The Morgan fingerprint density at radius 1 is 1.47 bits per heavy atom. The third-order valence-corrected chi connectivity index (χ3v) is 4.13. The molecule has 0 amide bonds. The van der Waals surface area contributed by atoms with Gasteiger partial charge in [-0.3, -0.25) is 4.90 Å². The van der Waals surface area contributed by atoms with E-state index >= 15 is 0 Å². The first-order valence-electron chi connectivity index (χ1n) is 6.97. The van der Waals surface area contributed by atoms with Gasteiger partial charge in [0.2, 0.25) is 0 Å². The van der Waals surface area contributed by atoms with Crippen molar-refractivity contribution in [3.05, 3.63) is 34.3 Å². The lowest BCUT2D eigenvalue weighted by molar-refractivity contribution is -0.0591. The smallest absolute Gasteiger partial charge is 0.0674 e. The van der Waals surface area contributed by atoms with E-state index in [4.69, 9.17) is 22.1 Å². The molecule has 3 nitrogen and oxygen atoms in total. The van der Waals surface area contributed by atoms with Crippen LogP contribution in [0.4, 0.5) is 0 Å². The molecule has 1 aliphatic rings. The van der Waals surface area contributed by atoms with Crippen molar-refractivity contribution < 1.29 is 4.74 Å². The zero-order chi connectivity index (χ0) is 13.8. The molecule has 0 saturated carbocycles. The van der Waals surface area contributed by atoms with Gasteiger partial charge >= 0.3 is 0 Å². The van der Waals surface area contributed by atoms with Gasteiger partial charge in [-0.15, -0.1) is 0 Å². The lowest BCUT2D eigenvalue weighted by Gasteiger charge is -2.38. The molecular weight excluding hydrogens is 260 g/mol. The second-order valence-corrected chi connectivity index (χ2v) is 5.67. The first-order valence-corrected chi connectivity index (χ1v) is 7.34. The minimum atomic E-state index is 0.296. The number of benzene rings is 1. The monoisotopic (exact) mass is 282 g/mol. The molecule has 4 heteroatoms. The number of nitrogens with zero attached hydrogens (tertiary/aromatic N) is 1. The predicted octanol–water partition coefficient (Wildman–Crippen LogP) is 2.80. The maximum atomic E-state index is 6.34. The molecule has 0 aliphatic carbocycles. The Hall–Kier alpha value is -0.610. The van der Waals surface area contributed by atoms with Crippen molar-refractivity contribution in [1.29, 1.82) is 0 Å². The molecule has 2 rings (SSSR count). The molecule has 1 saturated heterocycles. The van der Waals surface area contributed by atoms with Crippen LogP contribution in [0.1, 0.15) is 31.4 Å². The van der Waals surface area contributed by atoms with Crippen LogP contribution < -0.4 is 5.73 Å². The van der Waals surface area contributed by atoms with Gasteiger partial charge in [0.05, 0.1) is 12.7 Å². The molecule has 2 unspecified atom stereocenters. The number of morpholine rings is 1. The summed E-state index contributed by atoms with van der Waals surface area (Å²) in [6, 6.07) is 6.62. The minimum Gasteiger partial charge on any atom is -0.376 e. The van der Waals surface area contributed by atoms with Crippen molar-refractivity contribution in [2.45, 2.75) is 45.5 Å². The van der Waals surface area contributed by atoms with Gasteiger partial charge in [-0.2, -0.15) is 0 Å². The third kappa shape index (κ3) is 3.69. The third-order valence-electron chi connectivity index (χ3n) is 3.78. The second-order valence-electron chi connectivity index (χ2n) is 5.27. The summed E-state index contributed by atoms with van der Waals surface area (Å²) in [6.45, 7) is 7.53. The zero-order valence-electron chi connectivity index (χ0n) is 11.7. The summed E-state index contributed by atoms with van der Waals surface area (Å²) in [6.07, 6.45) is 1.40. The van der Waals surface area contributed by atoms with Crippen LogP contribution in [0.2, 0.25) is 5.02 Å². The van der Waals surface area contributed by atoms with Crippen LogP contribution in [-0.4, -0.2) is 30.2 Å². The van der Waals surface area contributed by atoms with Crippen LogP contribution in [0, 0.1) is 0 Å². The summed E-state index contributed by atoms with van der Waals surface area (Å²) in [5, 5.41) is 0.817. The maximum absolute atomic E-state index is 6.34. The number of rotatable bonds is 4. The van der Waals surface area contributed by atoms with Gasteiger partial charge in [0, 0.05) is 30.7 Å². The van der Waals surface area contributed by atoms with Gasteiger partial charge in [0.15, 0.2) is 0 Å². The van der Waals surface area contributed by atoms with Gasteiger partial charge in [-0.25, -0.2) is 0 Å². The molecule has 0 radical (unpaired) electrons. The highest BCUT2D eigenvalue weighted by atomic mass is 35.5. The molecule has 1 fully saturated rings. The van der Waals surface area contributed by atoms with Crippen LogP contribution in [-0.2, 0) is 17.8 Å². The zero-order valence-corrected chi connectivity index (χ0v) is 12.5. The normalized spacial score (nSPS) is 24.6. The van der Waals surface area contributed by atoms with E-state index in [9.17, 15) is 0 Å². The lowest BCUT2D eigenvalue weighted by atomic mass is 10.1. The average Bonchev–Trinajstić information content (AvgIpc) is 2.41. The van der Waals surface area contributed by atoms with Crippen molar-refractivity contribution in [3.8, 4) is 0 Å². The van der Waals surface area contributed by atoms with Gasteiger partial charge in [-0.05, 0) is 30.5 Å². The molecule has 19 heavy (non-hydrogen) atoms. The number of ether oxygens (including phenoxy) is 1. The summed E-state index contributed by atoms with van der Waals surface area (Å²) in [5.74, 6) is 0. The topological polar surface area (TPSA) is 38.5 Å². The highest BCUT2D eigenvalue weighted by Gasteiger charge is 2.25. The first-order chi connectivity index (χ1) is 9.13. The average molecular weight is 283 g/mol. The number of hydrogen-bond donors (Lipinski definition) is 1. The minimum absolute atomic E-state index is 0.296. The standard InChI is InChI=1S/C15H23ClN2O/c1-3-14-10-19-11(2)8-18(14)9-13-5-4-12(7-17)6-15(13)16/h4-6,11,14H,3,7-10,17H2,1-2H3. The van der Waals surface area contributed by atoms with E-state index in [1.807, 2.05) is 6.07 Å². The second kappa shape index (κ2) is 6.71. The molecule has 0 bridgehead atoms. The van der Waals surface area contributed by atoms with Crippen molar-refractivity contribution in [3.63, 3.8) is 0 Å². The SMILES string of the molecule is CCC1COC(C)CN1Cc1ccc(CN)cc1Cl. The molecule has 1 aliphatic heterocycles. The van der Waals surface area contributed by atoms with Crippen molar-refractivity contribution in [2.75, 3.05) is 13.2 Å². The van der Waals surface area contributed by atoms with Crippen LogP contribution in [0.3, 0.4) is 0 Å². The van der Waals surface area contributed by atoms with E-state index in [0.717, 1.165) is 36.7 Å². The number of halogens is 1. The van der Waals surface area contributed by atoms with Crippen LogP contribution in [0.5, 0.6) is 0 Å². The summed E-state index contributed by atoms with van der Waals surface area (Å²) in [5.41, 5.74) is 7.88. The Bertz CT molecular complexity index is 425. The van der Waals surface area contributed by atoms with Crippen LogP contribution >= 0.6 is 11.6 Å². The fourth-order valence-electron chi connectivity index (χ4n) is 2.55. The largest absolute Gasteiger partial charge is 0.376 e. The van der Waals surface area contributed by atoms with Crippen molar-refractivity contribution >= 4 is 11.6 Å². The maximum Gasteiger partial charge on any atom is 0.0674 e. The molecule has 1 aromatic carbocycles. The molecule has 2 atom stereocenters. The van der Waals surface area contributed by atoms with E-state index in [1.165, 1.54) is 5.56 Å². The molecule has 1 aromatic rings. The van der Waals surface area contributed by atoms with E-state index in [2.05, 4.69) is 30.9 Å². The molecular formula is C15H23ClN2O. The predicted molar refractivity (Wildman–Crippen MR) is 79.2 cm³/mol. The highest BCUT2D eigenvalue weighted by molar-refractivity contribution is 6.31. The van der Waals surface area contributed by atoms with Crippen LogP contribution in [0.15, 0.2) is 18.2 Å². The Kier molecular flexibility index (Phi) is 5.22. The fraction of sp³-hybridized carbons (Fsp3) is 0.600. The molecule has 0 aromatic heterocycles. The summed E-state index contributed by atoms with van der Waals surface area (Å²) in [7, 11) is 0. The Morgan fingerprint density at radius 2 is 2.26 bits per heavy atom. The Balaban J connectivity index is 2.10. The van der Waals surface area contributed by atoms with Crippen molar-refractivity contribution in [2.24, 2.45) is 5.73 Å². The van der Waals surface area contributed by atoms with E-state index in [1.54, 1.807) is 0 Å². The van der Waals surface area contributed by atoms with Gasteiger partial charge in [-0.1, -0.05) is 30.7 Å². The molecule has 2 N–H and O–H groups in total. The summed E-state index contributed by atoms with van der Waals surface area (Å²) in [4.78, 5) is 2.47. The van der Waals surface area contributed by atoms with Crippen molar-refractivity contribution in [1.82, 2.24) is 4.90 Å². The Labute approximate surface area is 120 Å². The molecule has 106 valence electrons. The quantitative estimate of drug-likeness (QED) is 0.923. The number of hydrogen-bond acceptors (Lipinski definition) is 3. The Morgan fingerprint density at radius 3 is 2.89 bits per heavy atom. The van der Waals surface area contributed by atoms with Gasteiger partial charge in [0.1, 0.15) is 0 Å². The van der Waals surface area contributed by atoms with Crippen LogP contribution in [0.25, 0.3) is 0 Å². The molecule has 1 heterocycles. The van der Waals surface area contributed by atoms with E-state index < -0.39 is 0 Å². The van der Waals surface area contributed by atoms with Gasteiger partial charge < -0.3 is 10.5 Å². The highest BCUT2D eigenvalue weighted by Crippen LogP contribution is 2.23. The van der Waals surface area contributed by atoms with E-state index in [0.29, 0.717) is 18.7 Å². The lowest BCUT2D eigenvalue weighted by Crippen LogP contribution is -2.47. The fourth-order valence-corrected chi connectivity index (χ4v) is 2.81.